The van der Waals surface area contributed by atoms with Crippen LogP contribution in [-0.2, 0) is 63.8 Å². The minimum absolute atomic E-state index is 0.0341. The van der Waals surface area contributed by atoms with Gasteiger partial charge in [0.05, 0.1) is 65.0 Å². The Hall–Kier alpha value is -7.16. The summed E-state index contributed by atoms with van der Waals surface area (Å²) in [7, 11) is 3.68. The molecule has 0 spiro atoms. The first kappa shape index (κ1) is 62.0. The summed E-state index contributed by atoms with van der Waals surface area (Å²) in [5.74, 6) is -14.9. The molecule has 4 fully saturated rings. The molecular weight excluding hydrogens is 1520 g/mol. The highest BCUT2D eigenvalue weighted by Gasteiger charge is 2.47. The first-order valence-corrected chi connectivity index (χ1v) is 41.6. The van der Waals surface area contributed by atoms with Gasteiger partial charge in [-0.15, -0.1) is 0 Å². The average molecular weight is 1700 g/mol. The average Bonchev–Trinajstić information content (AvgIpc) is 0.738. The van der Waals surface area contributed by atoms with E-state index < -0.39 is 187 Å². The second-order valence-corrected chi connectivity index (χ2v) is 33.9. The van der Waals surface area contributed by atoms with Crippen molar-refractivity contribution in [2.75, 3.05) is 109 Å². The summed E-state index contributed by atoms with van der Waals surface area (Å²) in [5, 5.41) is 0. The van der Waals surface area contributed by atoms with E-state index >= 15 is 0 Å². The molecule has 24 nitrogen and oxygen atoms in total. The van der Waals surface area contributed by atoms with Crippen molar-refractivity contribution in [3.05, 3.63) is 93.0 Å². The Morgan fingerprint density at radius 1 is 0.342 bits per heavy atom. The monoisotopic (exact) mass is 1700 g/mol. The van der Waals surface area contributed by atoms with E-state index in [-0.39, 0.29) is 123 Å². The van der Waals surface area contributed by atoms with E-state index in [0.29, 0.717) is 74.9 Å². The van der Waals surface area contributed by atoms with Gasteiger partial charge in [0.15, 0.2) is 46.0 Å². The van der Waals surface area contributed by atoms with Gasteiger partial charge in [-0.1, -0.05) is 110 Å². The van der Waals surface area contributed by atoms with E-state index in [0.717, 1.165) is 72.2 Å². The number of methoxy groups -OCH3 is 8. The Kier molecular flexibility index (Phi) is 22.7. The molecule has 8 heterocycles. The van der Waals surface area contributed by atoms with Crippen molar-refractivity contribution in [1.82, 2.24) is 19.6 Å². The summed E-state index contributed by atoms with van der Waals surface area (Å²) >= 11 is 0. The SMILES string of the molecule is [2H]C([2H])([2H])C([2H])(C)C([2H])([2H])[C@H]1CN2CCc3cc(OC)c(OC)cc3[C@@H]2C[C@@H]1OC(=O)[C@@H](N)C(C)C.[2H]C([2H])([2H])C([2H])(C)C([2H])([2H])[C@H]1CN2CCc3cc(OC)c(OC)cc3[C@@H]2C[C@@H]1OC(=O)[C@@H](N)C(C)C.[2H]C([2H])([2H])Oc1cc2c(cc1OC)[C@@H]1C[C@H](OC(=O)[C@@H](N)C(C)C)[C@@H](C([2H])([2H])C([2H])(C)C([2H])([2H])[2H])CN1CC2.[2H]C([2H])([2H])Oc1cc2c(cc1OC)[C@@H]1C[C@H](OC(=O)[C@@H](N)C(C)C)[C@@H](C([2H])([2H])C([2H])(C)C([2H])([2H])[2H])CN1CC2. The van der Waals surface area contributed by atoms with Crippen LogP contribution in [0.2, 0.25) is 0 Å². The fraction of sp³-hybridized carbons (Fsp3) is 0.708. The first-order chi connectivity index (χ1) is 68.5. The highest BCUT2D eigenvalue weighted by atomic mass is 16.6. The highest BCUT2D eigenvalue weighted by molar-refractivity contribution is 5.77. The largest absolute Gasteiger partial charge is 0.493 e. The zero-order chi connectivity index (χ0) is 114. The quantitative estimate of drug-likeness (QED) is 0.0303. The summed E-state index contributed by atoms with van der Waals surface area (Å²) in [6.07, 6.45) is -11.1. The van der Waals surface area contributed by atoms with Gasteiger partial charge in [-0.25, -0.2) is 0 Å². The third kappa shape index (κ3) is 23.8. The lowest BCUT2D eigenvalue weighted by atomic mass is 9.79. The molecule has 4 saturated heterocycles. The van der Waals surface area contributed by atoms with Gasteiger partial charge in [-0.05, 0) is 191 Å². The van der Waals surface area contributed by atoms with Crippen molar-refractivity contribution in [2.24, 2.45) is 93.9 Å². The molecule has 0 radical (unpaired) electrons. The Morgan fingerprint density at radius 3 is 0.708 bits per heavy atom. The molecule has 120 heavy (non-hydrogen) atoms. The van der Waals surface area contributed by atoms with Crippen molar-refractivity contribution in [3.8, 4) is 46.0 Å². The minimum Gasteiger partial charge on any atom is -0.493 e. The van der Waals surface area contributed by atoms with Gasteiger partial charge in [0, 0.05) is 159 Å². The van der Waals surface area contributed by atoms with Crippen LogP contribution in [0.4, 0.5) is 0 Å². The zero-order valence-electron chi connectivity index (χ0n) is 103. The third-order valence-corrected chi connectivity index (χ3v) is 24.2. The molecule has 0 aromatic heterocycles. The summed E-state index contributed by atoms with van der Waals surface area (Å²) in [4.78, 5) is 59.7. The molecule has 8 aliphatic heterocycles. The molecule has 24 heteroatoms. The Bertz CT molecular complexity index is 5010. The summed E-state index contributed by atoms with van der Waals surface area (Å²) < 4.78 is 310. The lowest BCUT2D eigenvalue weighted by molar-refractivity contribution is -0.161. The number of benzene rings is 4. The van der Waals surface area contributed by atoms with Gasteiger partial charge < -0.3 is 79.8 Å². The smallest absolute Gasteiger partial charge is 0.323 e. The van der Waals surface area contributed by atoms with Crippen LogP contribution in [0, 0.1) is 70.9 Å². The van der Waals surface area contributed by atoms with Gasteiger partial charge in [0.2, 0.25) is 0 Å². The summed E-state index contributed by atoms with van der Waals surface area (Å²) in [5.41, 5.74) is 31.4. The number of rotatable bonds is 28. The standard InChI is InChI=1S/4C24H38N2O4/c4*1-14(2)9-17-13-26-8-7-16-10-21(28-5)22(29-6)11-18(16)19(26)12-20(17)30-24(27)23(25)15(3)4/h4*10-11,14-15,17,19-20,23H,7-9,12-13,25H2,1-6H3/t4*17-,19-,20-,23-/m0000/s1/i2*1D3,5D3,9D2,14D;2*1D3,9D2,14D/t4*14?,17-,19-,20-,23-. The fourth-order valence-electron chi connectivity index (χ4n) is 17.3. The number of hydrogen-bond donors (Lipinski definition) is 4. The third-order valence-electron chi connectivity index (χ3n) is 24.2. The van der Waals surface area contributed by atoms with Gasteiger partial charge in [0.1, 0.15) is 48.6 Å². The lowest BCUT2D eigenvalue weighted by Crippen LogP contribution is -2.51. The predicted molar refractivity (Wildman–Crippen MR) is 471 cm³/mol. The van der Waals surface area contributed by atoms with E-state index in [4.69, 9.17) is 121 Å². The second-order valence-electron chi connectivity index (χ2n) is 33.9. The molecule has 0 bridgehead atoms. The van der Waals surface area contributed by atoms with Crippen molar-refractivity contribution in [1.29, 1.82) is 0 Å². The highest BCUT2D eigenvalue weighted by Crippen LogP contribution is 2.50. The molecule has 0 saturated carbocycles. The normalized spacial score (nSPS) is 31.6. The van der Waals surface area contributed by atoms with Crippen LogP contribution >= 0.6 is 0 Å². The van der Waals surface area contributed by atoms with Gasteiger partial charge in [0.25, 0.3) is 0 Å². The number of ether oxygens (including phenoxy) is 12. The summed E-state index contributed by atoms with van der Waals surface area (Å²) in [6, 6.07) is 9.38. The Balaban J connectivity index is 0.000000222. The van der Waals surface area contributed by atoms with Crippen LogP contribution in [0.5, 0.6) is 46.0 Å². The molecule has 20 atom stereocenters. The zero-order valence-corrected chi connectivity index (χ0v) is 73.1. The fourth-order valence-corrected chi connectivity index (χ4v) is 17.3. The van der Waals surface area contributed by atoms with E-state index in [9.17, 15) is 19.2 Å². The van der Waals surface area contributed by atoms with Crippen LogP contribution in [0.1, 0.15) is 271 Å². The molecule has 4 aromatic carbocycles. The van der Waals surface area contributed by atoms with E-state index in [2.05, 4.69) is 9.80 Å². The van der Waals surface area contributed by atoms with E-state index in [1.54, 1.807) is 108 Å². The molecule has 8 N–H and O–H groups in total. The molecule has 12 rings (SSSR count). The van der Waals surface area contributed by atoms with Crippen LogP contribution in [0.15, 0.2) is 48.5 Å². The van der Waals surface area contributed by atoms with E-state index in [1.165, 1.54) is 14.2 Å². The van der Waals surface area contributed by atoms with Crippen LogP contribution < -0.4 is 60.8 Å². The molecule has 0 aliphatic carbocycles. The Labute approximate surface area is 760 Å². The Morgan fingerprint density at radius 2 is 0.533 bits per heavy atom. The van der Waals surface area contributed by atoms with Crippen LogP contribution in [0.25, 0.3) is 0 Å². The maximum absolute atomic E-state index is 12.9. The maximum Gasteiger partial charge on any atom is 0.323 e. The number of fused-ring (bicyclic) bond motifs is 12. The molecule has 672 valence electrons. The van der Waals surface area contributed by atoms with Gasteiger partial charge in [-0.3, -0.25) is 38.8 Å². The second kappa shape index (κ2) is 43.9. The molecule has 0 amide bonds. The number of hydrogen-bond acceptors (Lipinski definition) is 24. The van der Waals surface area contributed by atoms with Crippen molar-refractivity contribution in [3.63, 3.8) is 0 Å². The van der Waals surface area contributed by atoms with Crippen molar-refractivity contribution < 1.29 is 117 Å². The van der Waals surface area contributed by atoms with Crippen molar-refractivity contribution >= 4 is 23.9 Å². The topological polar surface area (TPSA) is 296 Å². The van der Waals surface area contributed by atoms with Gasteiger partial charge in [-0.2, -0.15) is 0 Å². The molecule has 4 aromatic rings. The number of nitrogens with zero attached hydrogens (tertiary/aromatic N) is 4. The van der Waals surface area contributed by atoms with E-state index in [1.807, 2.05) is 34.1 Å². The number of carbonyl (C=O) groups excluding carboxylic acids is 4. The maximum atomic E-state index is 12.9. The molecular formula is C96H152N8O16. The van der Waals surface area contributed by atoms with Crippen molar-refractivity contribution in [2.45, 2.75) is 260 Å². The first-order valence-electron chi connectivity index (χ1n) is 56.6. The number of esters is 4. The molecule has 8 aliphatic rings. The van der Waals surface area contributed by atoms with Gasteiger partial charge >= 0.3 is 23.9 Å². The number of carbonyl (C=O) groups is 4. The number of piperidine rings is 4. The molecule has 4 unspecified atom stereocenters. The van der Waals surface area contributed by atoms with Crippen LogP contribution in [0.3, 0.4) is 0 Å². The lowest BCUT2D eigenvalue weighted by Gasteiger charge is -2.47. The number of nitrogens with two attached hydrogens (primary N) is 4. The summed E-state index contributed by atoms with van der Waals surface area (Å²) in [6.45, 7) is 9.28. The minimum atomic E-state index is -2.93. The van der Waals surface area contributed by atoms with Crippen LogP contribution in [-0.4, -0.2) is 201 Å². The predicted octanol–water partition coefficient (Wildman–Crippen LogP) is 14.3.